The van der Waals surface area contributed by atoms with Gasteiger partial charge in [-0.15, -0.1) is 0 Å². The molecular formula is C13H19NO4. The van der Waals surface area contributed by atoms with Gasteiger partial charge in [-0.3, -0.25) is 4.99 Å². The summed E-state index contributed by atoms with van der Waals surface area (Å²) in [6.45, 7) is 0.437. The van der Waals surface area contributed by atoms with Crippen molar-refractivity contribution in [1.82, 2.24) is 0 Å². The second-order valence-corrected chi connectivity index (χ2v) is 3.54. The first-order chi connectivity index (χ1) is 8.73. The monoisotopic (exact) mass is 253 g/mol. The van der Waals surface area contributed by atoms with Gasteiger partial charge in [0.1, 0.15) is 11.5 Å². The largest absolute Gasteiger partial charge is 0.497 e. The van der Waals surface area contributed by atoms with Crippen LogP contribution in [-0.4, -0.2) is 47.5 Å². The van der Waals surface area contributed by atoms with Gasteiger partial charge in [-0.2, -0.15) is 0 Å². The molecule has 0 unspecified atom stereocenters. The first-order valence-electron chi connectivity index (χ1n) is 5.52. The summed E-state index contributed by atoms with van der Waals surface area (Å²) in [5, 5.41) is 0. The number of aliphatic imine (C=N–C) groups is 1. The number of hydrogen-bond acceptors (Lipinski definition) is 5. The minimum Gasteiger partial charge on any atom is -0.497 e. The Morgan fingerprint density at radius 1 is 1.00 bits per heavy atom. The molecule has 0 saturated heterocycles. The second-order valence-electron chi connectivity index (χ2n) is 3.54. The van der Waals surface area contributed by atoms with Crippen molar-refractivity contribution in [2.75, 3.05) is 35.0 Å². The van der Waals surface area contributed by atoms with E-state index in [0.29, 0.717) is 6.54 Å². The van der Waals surface area contributed by atoms with Crippen molar-refractivity contribution in [1.29, 1.82) is 0 Å². The summed E-state index contributed by atoms with van der Waals surface area (Å²) in [5.74, 6) is 1.46. The predicted octanol–water partition coefficient (Wildman–Crippen LogP) is 1.74. The third kappa shape index (κ3) is 4.35. The summed E-state index contributed by atoms with van der Waals surface area (Å²) in [5.41, 5.74) is 0.900. The Hall–Kier alpha value is -1.59. The molecule has 5 heteroatoms. The fourth-order valence-electron chi connectivity index (χ4n) is 1.39. The van der Waals surface area contributed by atoms with Crippen LogP contribution in [0, 0.1) is 0 Å². The van der Waals surface area contributed by atoms with Crippen molar-refractivity contribution in [3.05, 3.63) is 23.8 Å². The van der Waals surface area contributed by atoms with Crippen LogP contribution >= 0.6 is 0 Å². The molecule has 0 amide bonds. The van der Waals surface area contributed by atoms with Crippen LogP contribution in [0.25, 0.3) is 0 Å². The zero-order valence-electron chi connectivity index (χ0n) is 11.2. The fraction of sp³-hybridized carbons (Fsp3) is 0.462. The second kappa shape index (κ2) is 7.68. The molecule has 1 rings (SSSR count). The van der Waals surface area contributed by atoms with Crippen LogP contribution in [0.1, 0.15) is 5.56 Å². The van der Waals surface area contributed by atoms with E-state index in [-0.39, 0.29) is 6.29 Å². The molecule has 0 aliphatic heterocycles. The molecule has 0 aromatic heterocycles. The van der Waals surface area contributed by atoms with Crippen molar-refractivity contribution in [2.45, 2.75) is 6.29 Å². The molecule has 1 aromatic rings. The smallest absolute Gasteiger partial charge is 0.176 e. The van der Waals surface area contributed by atoms with Crippen molar-refractivity contribution < 1.29 is 18.9 Å². The molecule has 0 N–H and O–H groups in total. The van der Waals surface area contributed by atoms with Gasteiger partial charge in [-0.05, 0) is 17.7 Å². The number of ether oxygens (including phenoxy) is 4. The van der Waals surface area contributed by atoms with Crippen LogP contribution in [0.5, 0.6) is 11.5 Å². The summed E-state index contributed by atoms with van der Waals surface area (Å²) in [6, 6.07) is 5.56. The highest BCUT2D eigenvalue weighted by molar-refractivity contribution is 5.81. The van der Waals surface area contributed by atoms with Crippen LogP contribution in [-0.2, 0) is 9.47 Å². The maximum atomic E-state index is 5.18. The standard InChI is InChI=1S/C13H19NO4/c1-15-11-5-10(6-12(7-11)16-2)8-14-9-13(17-3)18-4/h5-8,13H,9H2,1-4H3. The highest BCUT2D eigenvalue weighted by atomic mass is 16.7. The van der Waals surface area contributed by atoms with Crippen LogP contribution in [0.3, 0.4) is 0 Å². The van der Waals surface area contributed by atoms with Crippen molar-refractivity contribution >= 4 is 6.21 Å². The zero-order chi connectivity index (χ0) is 13.4. The van der Waals surface area contributed by atoms with Crippen LogP contribution < -0.4 is 9.47 Å². The van der Waals surface area contributed by atoms with E-state index in [2.05, 4.69) is 4.99 Å². The summed E-state index contributed by atoms with van der Waals surface area (Å²) in [4.78, 5) is 4.25. The molecule has 5 nitrogen and oxygen atoms in total. The van der Waals surface area contributed by atoms with Crippen molar-refractivity contribution in [3.63, 3.8) is 0 Å². The lowest BCUT2D eigenvalue weighted by molar-refractivity contribution is -0.0936. The quantitative estimate of drug-likeness (QED) is 0.548. The number of hydrogen-bond donors (Lipinski definition) is 0. The van der Waals surface area contributed by atoms with E-state index in [1.54, 1.807) is 34.7 Å². The molecule has 18 heavy (non-hydrogen) atoms. The highest BCUT2D eigenvalue weighted by Gasteiger charge is 2.03. The molecule has 0 aliphatic rings. The lowest BCUT2D eigenvalue weighted by atomic mass is 10.2. The summed E-state index contributed by atoms with van der Waals surface area (Å²) in [7, 11) is 6.39. The predicted molar refractivity (Wildman–Crippen MR) is 69.8 cm³/mol. The van der Waals surface area contributed by atoms with Crippen molar-refractivity contribution in [3.8, 4) is 11.5 Å². The van der Waals surface area contributed by atoms with E-state index in [1.165, 1.54) is 0 Å². The van der Waals surface area contributed by atoms with Crippen LogP contribution in [0.2, 0.25) is 0 Å². The Labute approximate surface area is 107 Å². The Morgan fingerprint density at radius 3 is 2.00 bits per heavy atom. The minimum atomic E-state index is -0.325. The van der Waals surface area contributed by atoms with Gasteiger partial charge in [0.2, 0.25) is 0 Å². The lowest BCUT2D eigenvalue weighted by Gasteiger charge is -2.09. The maximum absolute atomic E-state index is 5.18. The van der Waals surface area contributed by atoms with Gasteiger partial charge in [-0.25, -0.2) is 0 Å². The minimum absolute atomic E-state index is 0.325. The van der Waals surface area contributed by atoms with E-state index >= 15 is 0 Å². The number of methoxy groups -OCH3 is 4. The summed E-state index contributed by atoms with van der Waals surface area (Å²) >= 11 is 0. The highest BCUT2D eigenvalue weighted by Crippen LogP contribution is 2.21. The van der Waals surface area contributed by atoms with Gasteiger partial charge >= 0.3 is 0 Å². The maximum Gasteiger partial charge on any atom is 0.176 e. The Kier molecular flexibility index (Phi) is 6.18. The van der Waals surface area contributed by atoms with Crippen LogP contribution in [0.4, 0.5) is 0 Å². The number of rotatable bonds is 7. The number of benzene rings is 1. The molecule has 100 valence electrons. The van der Waals surface area contributed by atoms with E-state index < -0.39 is 0 Å². The Morgan fingerprint density at radius 2 is 1.56 bits per heavy atom. The van der Waals surface area contributed by atoms with Crippen molar-refractivity contribution in [2.24, 2.45) is 4.99 Å². The van der Waals surface area contributed by atoms with Crippen LogP contribution in [0.15, 0.2) is 23.2 Å². The average Bonchev–Trinajstić information content (AvgIpc) is 2.43. The lowest BCUT2D eigenvalue weighted by Crippen LogP contribution is -2.16. The van der Waals surface area contributed by atoms with Gasteiger partial charge in [0.25, 0.3) is 0 Å². The molecule has 0 radical (unpaired) electrons. The molecule has 0 saturated carbocycles. The van der Waals surface area contributed by atoms with Gasteiger partial charge in [-0.1, -0.05) is 0 Å². The summed E-state index contributed by atoms with van der Waals surface area (Å²) in [6.07, 6.45) is 1.41. The average molecular weight is 253 g/mol. The SMILES string of the molecule is COc1cc(C=NCC(OC)OC)cc(OC)c1. The zero-order valence-corrected chi connectivity index (χ0v) is 11.2. The Balaban J connectivity index is 2.73. The van der Waals surface area contributed by atoms with E-state index in [4.69, 9.17) is 18.9 Å². The number of nitrogens with zero attached hydrogens (tertiary/aromatic N) is 1. The summed E-state index contributed by atoms with van der Waals surface area (Å²) < 4.78 is 20.4. The molecule has 0 heterocycles. The molecule has 0 bridgehead atoms. The molecule has 1 aromatic carbocycles. The molecule has 0 atom stereocenters. The Bertz CT molecular complexity index is 366. The molecule has 0 aliphatic carbocycles. The van der Waals surface area contributed by atoms with E-state index in [0.717, 1.165) is 17.1 Å². The van der Waals surface area contributed by atoms with Gasteiger partial charge in [0.15, 0.2) is 6.29 Å². The third-order valence-electron chi connectivity index (χ3n) is 2.39. The third-order valence-corrected chi connectivity index (χ3v) is 2.39. The molecular weight excluding hydrogens is 234 g/mol. The fourth-order valence-corrected chi connectivity index (χ4v) is 1.39. The first kappa shape index (κ1) is 14.5. The van der Waals surface area contributed by atoms with Gasteiger partial charge in [0, 0.05) is 26.5 Å². The topological polar surface area (TPSA) is 49.3 Å². The van der Waals surface area contributed by atoms with Gasteiger partial charge in [0.05, 0.1) is 20.8 Å². The molecule has 0 fully saturated rings. The normalized spacial score (nSPS) is 11.2. The van der Waals surface area contributed by atoms with E-state index in [9.17, 15) is 0 Å². The first-order valence-corrected chi connectivity index (χ1v) is 5.52. The van der Waals surface area contributed by atoms with Gasteiger partial charge < -0.3 is 18.9 Å². The molecule has 0 spiro atoms. The van der Waals surface area contributed by atoms with E-state index in [1.807, 2.05) is 18.2 Å².